The molecule has 0 spiro atoms. The molecule has 0 aliphatic carbocycles. The van der Waals surface area contributed by atoms with Crippen LogP contribution in [0.3, 0.4) is 0 Å². The fraction of sp³-hybridized carbons (Fsp3) is 0.0909. The molecule has 0 unspecified atom stereocenters. The Morgan fingerprint density at radius 3 is 3.06 bits per heavy atom. The Morgan fingerprint density at radius 2 is 2.24 bits per heavy atom. The average Bonchev–Trinajstić information content (AvgIpc) is 2.94. The summed E-state index contributed by atoms with van der Waals surface area (Å²) in [6.45, 7) is 0.445. The van der Waals surface area contributed by atoms with Gasteiger partial charge in [0.05, 0.1) is 10.9 Å². The van der Waals surface area contributed by atoms with Crippen LogP contribution in [0.2, 0.25) is 4.34 Å². The first-order chi connectivity index (χ1) is 8.31. The number of thiazole rings is 1. The molecule has 17 heavy (non-hydrogen) atoms. The fourth-order valence-electron chi connectivity index (χ4n) is 1.44. The van der Waals surface area contributed by atoms with Crippen molar-refractivity contribution in [3.05, 3.63) is 39.9 Å². The molecular formula is C11H7ClN2OS2. The van der Waals surface area contributed by atoms with Gasteiger partial charge in [0.2, 0.25) is 0 Å². The number of nitrogens with zero attached hydrogens (tertiary/aromatic N) is 2. The first kappa shape index (κ1) is 11.0. The lowest BCUT2D eigenvalue weighted by atomic mass is 10.3. The van der Waals surface area contributed by atoms with Gasteiger partial charge in [0.25, 0.3) is 0 Å². The Kier molecular flexibility index (Phi) is 2.96. The molecule has 0 aliphatic heterocycles. The van der Waals surface area contributed by atoms with Crippen LogP contribution in [0.25, 0.3) is 10.1 Å². The largest absolute Gasteiger partial charge is 0.486 e. The molecular weight excluding hydrogens is 276 g/mol. The SMILES string of the molecule is Clc1cnc(COc2ccc3sncc3c2)s1. The van der Waals surface area contributed by atoms with Gasteiger partial charge < -0.3 is 4.74 Å². The first-order valence-corrected chi connectivity index (χ1v) is 6.85. The van der Waals surface area contributed by atoms with E-state index in [0.29, 0.717) is 10.9 Å². The minimum absolute atomic E-state index is 0.445. The summed E-state index contributed by atoms with van der Waals surface area (Å²) in [5, 5.41) is 1.98. The normalized spacial score (nSPS) is 10.9. The zero-order chi connectivity index (χ0) is 11.7. The van der Waals surface area contributed by atoms with Gasteiger partial charge in [-0.1, -0.05) is 11.6 Å². The Hall–Kier alpha value is -1.17. The van der Waals surface area contributed by atoms with E-state index in [9.17, 15) is 0 Å². The highest BCUT2D eigenvalue weighted by Crippen LogP contribution is 2.25. The summed E-state index contributed by atoms with van der Waals surface area (Å²) in [6, 6.07) is 5.93. The van der Waals surface area contributed by atoms with Crippen LogP contribution in [0.4, 0.5) is 0 Å². The van der Waals surface area contributed by atoms with Crippen molar-refractivity contribution in [2.24, 2.45) is 0 Å². The number of ether oxygens (including phenoxy) is 1. The quantitative estimate of drug-likeness (QED) is 0.729. The van der Waals surface area contributed by atoms with E-state index in [-0.39, 0.29) is 0 Å². The topological polar surface area (TPSA) is 35.0 Å². The van der Waals surface area contributed by atoms with Crippen LogP contribution in [-0.2, 0) is 6.61 Å². The lowest BCUT2D eigenvalue weighted by Gasteiger charge is -2.03. The Morgan fingerprint density at radius 1 is 1.29 bits per heavy atom. The van der Waals surface area contributed by atoms with Crippen LogP contribution in [0.1, 0.15) is 5.01 Å². The summed E-state index contributed by atoms with van der Waals surface area (Å²) < 4.78 is 11.6. The molecule has 0 bridgehead atoms. The van der Waals surface area contributed by atoms with E-state index in [4.69, 9.17) is 16.3 Å². The molecule has 0 amide bonds. The molecule has 0 fully saturated rings. The number of aromatic nitrogens is 2. The van der Waals surface area contributed by atoms with Gasteiger partial charge in [0, 0.05) is 11.6 Å². The van der Waals surface area contributed by atoms with Crippen molar-refractivity contribution in [2.75, 3.05) is 0 Å². The lowest BCUT2D eigenvalue weighted by molar-refractivity contribution is 0.306. The zero-order valence-corrected chi connectivity index (χ0v) is 11.0. The molecule has 0 saturated carbocycles. The molecule has 0 radical (unpaired) electrons. The summed E-state index contributed by atoms with van der Waals surface area (Å²) in [4.78, 5) is 4.13. The van der Waals surface area contributed by atoms with Crippen molar-refractivity contribution in [1.82, 2.24) is 9.36 Å². The maximum Gasteiger partial charge on any atom is 0.140 e. The van der Waals surface area contributed by atoms with Crippen LogP contribution in [0.15, 0.2) is 30.6 Å². The third-order valence-electron chi connectivity index (χ3n) is 2.21. The predicted octanol–water partition coefficient (Wildman–Crippen LogP) is 3.99. The standard InChI is InChI=1S/C11H7ClN2OS2/c12-10-5-13-11(16-10)6-15-8-1-2-9-7(3-8)4-14-17-9/h1-5H,6H2. The van der Waals surface area contributed by atoms with E-state index in [0.717, 1.165) is 20.8 Å². The Balaban J connectivity index is 1.76. The summed E-state index contributed by atoms with van der Waals surface area (Å²) in [7, 11) is 0. The van der Waals surface area contributed by atoms with E-state index in [1.807, 2.05) is 24.4 Å². The summed E-state index contributed by atoms with van der Waals surface area (Å²) in [5.41, 5.74) is 0. The second kappa shape index (κ2) is 4.60. The number of hydrogen-bond donors (Lipinski definition) is 0. The second-order valence-corrected chi connectivity index (χ2v) is 5.95. The first-order valence-electron chi connectivity index (χ1n) is 4.89. The predicted molar refractivity (Wildman–Crippen MR) is 71.1 cm³/mol. The van der Waals surface area contributed by atoms with Gasteiger partial charge >= 0.3 is 0 Å². The van der Waals surface area contributed by atoms with Gasteiger partial charge in [-0.05, 0) is 29.7 Å². The summed E-state index contributed by atoms with van der Waals surface area (Å²) in [6.07, 6.45) is 3.48. The number of rotatable bonds is 3. The molecule has 0 saturated heterocycles. The number of fused-ring (bicyclic) bond motifs is 1. The maximum absolute atomic E-state index is 5.80. The van der Waals surface area contributed by atoms with E-state index in [1.54, 1.807) is 6.20 Å². The molecule has 1 aromatic carbocycles. The van der Waals surface area contributed by atoms with Gasteiger partial charge in [-0.3, -0.25) is 0 Å². The van der Waals surface area contributed by atoms with Gasteiger partial charge in [-0.2, -0.15) is 4.37 Å². The van der Waals surface area contributed by atoms with Crippen LogP contribution < -0.4 is 4.74 Å². The monoisotopic (exact) mass is 282 g/mol. The lowest BCUT2D eigenvalue weighted by Crippen LogP contribution is -1.93. The van der Waals surface area contributed by atoms with Gasteiger partial charge in [0.15, 0.2) is 0 Å². The molecule has 0 atom stereocenters. The molecule has 6 heteroatoms. The van der Waals surface area contributed by atoms with Crippen LogP contribution >= 0.6 is 34.5 Å². The molecule has 3 aromatic rings. The molecule has 2 aromatic heterocycles. The number of hydrogen-bond acceptors (Lipinski definition) is 5. The third-order valence-corrected chi connectivity index (χ3v) is 4.08. The van der Waals surface area contributed by atoms with Gasteiger partial charge in [0.1, 0.15) is 21.7 Å². The zero-order valence-electron chi connectivity index (χ0n) is 8.59. The van der Waals surface area contributed by atoms with Gasteiger partial charge in [-0.25, -0.2) is 4.98 Å². The molecule has 86 valence electrons. The van der Waals surface area contributed by atoms with E-state index < -0.39 is 0 Å². The second-order valence-electron chi connectivity index (χ2n) is 3.37. The minimum atomic E-state index is 0.445. The van der Waals surface area contributed by atoms with Crippen LogP contribution in [0, 0.1) is 0 Å². The third kappa shape index (κ3) is 2.41. The molecule has 0 N–H and O–H groups in total. The number of halogens is 1. The average molecular weight is 283 g/mol. The summed E-state index contributed by atoms with van der Waals surface area (Å²) in [5.74, 6) is 0.823. The van der Waals surface area contributed by atoms with Crippen molar-refractivity contribution in [3.63, 3.8) is 0 Å². The summed E-state index contributed by atoms with van der Waals surface area (Å²) >= 11 is 8.71. The van der Waals surface area contributed by atoms with Crippen molar-refractivity contribution >= 4 is 44.6 Å². The molecule has 3 nitrogen and oxygen atoms in total. The molecule has 0 aliphatic rings. The molecule has 3 rings (SSSR count). The van der Waals surface area contributed by atoms with Crippen molar-refractivity contribution in [2.45, 2.75) is 6.61 Å². The highest BCUT2D eigenvalue weighted by Gasteiger charge is 2.03. The smallest absolute Gasteiger partial charge is 0.140 e. The maximum atomic E-state index is 5.80. The van der Waals surface area contributed by atoms with Crippen molar-refractivity contribution in [1.29, 1.82) is 0 Å². The highest BCUT2D eigenvalue weighted by molar-refractivity contribution is 7.15. The minimum Gasteiger partial charge on any atom is -0.486 e. The number of benzene rings is 1. The van der Waals surface area contributed by atoms with E-state index in [2.05, 4.69) is 9.36 Å². The fourth-order valence-corrected chi connectivity index (χ4v) is 2.94. The molecule has 2 heterocycles. The van der Waals surface area contributed by atoms with E-state index >= 15 is 0 Å². The van der Waals surface area contributed by atoms with Gasteiger partial charge in [-0.15, -0.1) is 11.3 Å². The van der Waals surface area contributed by atoms with Crippen LogP contribution in [-0.4, -0.2) is 9.36 Å². The van der Waals surface area contributed by atoms with Crippen LogP contribution in [0.5, 0.6) is 5.75 Å². The Labute approximate surface area is 111 Å². The van der Waals surface area contributed by atoms with E-state index in [1.165, 1.54) is 22.9 Å². The van der Waals surface area contributed by atoms with Crippen molar-refractivity contribution in [3.8, 4) is 5.75 Å². The highest BCUT2D eigenvalue weighted by atomic mass is 35.5. The van der Waals surface area contributed by atoms with Crippen molar-refractivity contribution < 1.29 is 4.74 Å². The Bertz CT molecular complexity index is 650.